The number of hydrogen-bond donors (Lipinski definition) is 7. The average molecular weight is 1030 g/mol. The Morgan fingerprint density at radius 2 is 0.819 bits per heavy atom. The number of hydrogen-bond acceptors (Lipinski definition) is 14. The zero-order valence-corrected chi connectivity index (χ0v) is 45.7. The van der Waals surface area contributed by atoms with Gasteiger partial charge in [-0.25, -0.2) is 0 Å². The molecule has 2 heterocycles. The van der Waals surface area contributed by atoms with Crippen LogP contribution >= 0.6 is 0 Å². The maximum atomic E-state index is 13.1. The van der Waals surface area contributed by atoms with E-state index in [0.29, 0.717) is 13.0 Å². The second kappa shape index (κ2) is 45.9. The molecule has 426 valence electrons. The van der Waals surface area contributed by atoms with Crippen LogP contribution in [0.15, 0.2) is 12.2 Å². The van der Waals surface area contributed by atoms with Crippen LogP contribution in [0.25, 0.3) is 0 Å². The highest BCUT2D eigenvalue weighted by Crippen LogP contribution is 2.27. The fraction of sp³-hybridized carbons (Fsp3) is 0.948. The van der Waals surface area contributed by atoms with Crippen LogP contribution in [0.5, 0.6) is 0 Å². The van der Waals surface area contributed by atoms with E-state index in [1.54, 1.807) is 0 Å². The van der Waals surface area contributed by atoms with Gasteiger partial charge >= 0.3 is 5.97 Å². The third kappa shape index (κ3) is 32.3. The fourth-order valence-electron chi connectivity index (χ4n) is 9.69. The molecule has 2 fully saturated rings. The maximum absolute atomic E-state index is 13.1. The van der Waals surface area contributed by atoms with Crippen LogP contribution in [-0.2, 0) is 33.2 Å². The third-order valence-electron chi connectivity index (χ3n) is 14.5. The van der Waals surface area contributed by atoms with Crippen molar-refractivity contribution in [3.8, 4) is 0 Å². The molecule has 72 heavy (non-hydrogen) atoms. The molecule has 0 aliphatic carbocycles. The van der Waals surface area contributed by atoms with Crippen molar-refractivity contribution in [2.24, 2.45) is 0 Å². The van der Waals surface area contributed by atoms with Gasteiger partial charge in [0.25, 0.3) is 0 Å². The molecule has 14 nitrogen and oxygen atoms in total. The van der Waals surface area contributed by atoms with Crippen LogP contribution in [0.1, 0.15) is 251 Å². The molecule has 2 saturated heterocycles. The summed E-state index contributed by atoms with van der Waals surface area (Å²) in [6.07, 6.45) is 34.2. The normalized spacial score (nSPS) is 25.1. The smallest absolute Gasteiger partial charge is 0.306 e. The lowest BCUT2D eigenvalue weighted by Crippen LogP contribution is -2.61. The molecule has 11 atom stereocenters. The van der Waals surface area contributed by atoms with Crippen LogP contribution < -0.4 is 0 Å². The van der Waals surface area contributed by atoms with E-state index < -0.39 is 80.7 Å². The number of ether oxygens (including phenoxy) is 6. The van der Waals surface area contributed by atoms with Crippen LogP contribution in [0.4, 0.5) is 0 Å². The molecule has 2 aliphatic heterocycles. The van der Waals surface area contributed by atoms with Gasteiger partial charge in [0, 0.05) is 13.0 Å². The van der Waals surface area contributed by atoms with Crippen LogP contribution in [0.3, 0.4) is 0 Å². The number of allylic oxidation sites excluding steroid dienone is 2. The fourth-order valence-corrected chi connectivity index (χ4v) is 9.69. The minimum atomic E-state index is -1.70. The van der Waals surface area contributed by atoms with Gasteiger partial charge in [-0.05, 0) is 38.5 Å². The highest BCUT2D eigenvalue weighted by atomic mass is 16.7. The summed E-state index contributed by atoms with van der Waals surface area (Å²) in [6.45, 7) is 3.75. The molecule has 0 bridgehead atoms. The van der Waals surface area contributed by atoms with E-state index >= 15 is 0 Å². The molecule has 7 N–H and O–H groups in total. The quantitative estimate of drug-likeness (QED) is 0.0172. The number of carbonyl (C=O) groups excluding carboxylic acids is 1. The highest BCUT2D eigenvalue weighted by molar-refractivity contribution is 5.69. The molecule has 11 unspecified atom stereocenters. The summed E-state index contributed by atoms with van der Waals surface area (Å²) in [6, 6.07) is 0. The first-order chi connectivity index (χ1) is 35.1. The first-order valence-corrected chi connectivity index (χ1v) is 29.8. The Morgan fingerprint density at radius 3 is 1.26 bits per heavy atom. The van der Waals surface area contributed by atoms with E-state index in [-0.39, 0.29) is 25.6 Å². The molecule has 0 spiro atoms. The molecule has 0 saturated carbocycles. The minimum absolute atomic E-state index is 0.0679. The number of esters is 1. The number of aliphatic hydroxyl groups excluding tert-OH is 7. The van der Waals surface area contributed by atoms with E-state index in [4.69, 9.17) is 28.4 Å². The van der Waals surface area contributed by atoms with Crippen molar-refractivity contribution in [1.29, 1.82) is 0 Å². The van der Waals surface area contributed by atoms with E-state index in [2.05, 4.69) is 26.0 Å². The molecular weight excluding hydrogens is 921 g/mol. The third-order valence-corrected chi connectivity index (χ3v) is 14.5. The van der Waals surface area contributed by atoms with Gasteiger partial charge in [0.15, 0.2) is 12.6 Å². The van der Waals surface area contributed by atoms with E-state index in [1.165, 1.54) is 186 Å². The lowest BCUT2D eigenvalue weighted by atomic mass is 9.98. The second-order valence-electron chi connectivity index (χ2n) is 21.2. The van der Waals surface area contributed by atoms with E-state index in [1.807, 2.05) is 0 Å². The molecule has 0 aromatic rings. The Hall–Kier alpha value is -1.27. The SMILES string of the molecule is CCCCCCCCCC/C=C\CCCCCCCCCCCCCC(=O)OC(COCCCCCCCCCCCCCCCCC)COC1OC(COC2OC(CO)C(O)C(O)C2O)C(O)C(O)C1O. The predicted molar refractivity (Wildman–Crippen MR) is 284 cm³/mol. The Morgan fingerprint density at radius 1 is 0.444 bits per heavy atom. The van der Waals surface area contributed by atoms with Crippen molar-refractivity contribution in [2.75, 3.05) is 33.0 Å². The summed E-state index contributed by atoms with van der Waals surface area (Å²) in [4.78, 5) is 13.1. The Balaban J connectivity index is 1.69. The molecule has 0 radical (unpaired) electrons. The van der Waals surface area contributed by atoms with Gasteiger partial charge in [-0.2, -0.15) is 0 Å². The van der Waals surface area contributed by atoms with E-state index in [9.17, 15) is 40.5 Å². The topological polar surface area (TPSA) is 214 Å². The minimum Gasteiger partial charge on any atom is -0.457 e. The van der Waals surface area contributed by atoms with Gasteiger partial charge in [0.05, 0.1) is 26.4 Å². The van der Waals surface area contributed by atoms with Crippen LogP contribution in [0, 0.1) is 0 Å². The van der Waals surface area contributed by atoms with Crippen molar-refractivity contribution in [1.82, 2.24) is 0 Å². The maximum Gasteiger partial charge on any atom is 0.306 e. The zero-order valence-electron chi connectivity index (χ0n) is 45.7. The first kappa shape index (κ1) is 66.8. The Kier molecular flexibility index (Phi) is 42.6. The predicted octanol–water partition coefficient (Wildman–Crippen LogP) is 10.6. The molecule has 0 amide bonds. The number of rotatable bonds is 49. The van der Waals surface area contributed by atoms with Crippen molar-refractivity contribution < 1.29 is 69.0 Å². The second-order valence-corrected chi connectivity index (χ2v) is 21.2. The molecule has 2 rings (SSSR count). The molecule has 0 aromatic carbocycles. The van der Waals surface area contributed by atoms with Gasteiger partial charge < -0.3 is 64.2 Å². The summed E-state index contributed by atoms with van der Waals surface area (Å²) in [5.41, 5.74) is 0. The van der Waals surface area contributed by atoms with Crippen molar-refractivity contribution in [2.45, 2.75) is 319 Å². The Bertz CT molecular complexity index is 1240. The molecule has 0 aromatic heterocycles. The Labute approximate surface area is 437 Å². The largest absolute Gasteiger partial charge is 0.457 e. The summed E-state index contributed by atoms with van der Waals surface area (Å²) < 4.78 is 34.4. The van der Waals surface area contributed by atoms with Gasteiger partial charge in [-0.15, -0.1) is 0 Å². The van der Waals surface area contributed by atoms with Gasteiger partial charge in [0.2, 0.25) is 0 Å². The average Bonchev–Trinajstić information content (AvgIpc) is 3.38. The summed E-state index contributed by atoms with van der Waals surface area (Å²) in [5, 5.41) is 72.3. The first-order valence-electron chi connectivity index (χ1n) is 29.8. The molecule has 14 heteroatoms. The molecular formula is C58H110O14. The van der Waals surface area contributed by atoms with Crippen molar-refractivity contribution in [3.63, 3.8) is 0 Å². The van der Waals surface area contributed by atoms with Gasteiger partial charge in [-0.3, -0.25) is 4.79 Å². The standard InChI is InChI=1S/C58H110O14/c1-3-5-7-9-11-13-15-17-19-20-21-22-23-24-25-26-27-29-31-33-35-37-39-41-50(60)70-47(44-67-42-40-38-36-34-32-30-28-18-16-14-12-10-8-6-4-2)45-68-57-56(66)54(64)52(62)49(72-57)46-69-58-55(65)53(63)51(61)48(43-59)71-58/h20-21,47-49,51-59,61-66H,3-19,22-46H2,1-2H3/b21-20-. The number of aliphatic hydroxyl groups is 7. The van der Waals surface area contributed by atoms with Crippen molar-refractivity contribution >= 4 is 5.97 Å². The summed E-state index contributed by atoms with van der Waals surface area (Å²) >= 11 is 0. The van der Waals surface area contributed by atoms with E-state index in [0.717, 1.165) is 38.5 Å². The van der Waals surface area contributed by atoms with Crippen LogP contribution in [-0.4, -0.2) is 142 Å². The lowest BCUT2D eigenvalue weighted by molar-refractivity contribution is -0.332. The van der Waals surface area contributed by atoms with Gasteiger partial charge in [-0.1, -0.05) is 219 Å². The number of unbranched alkanes of at least 4 members (excludes halogenated alkanes) is 33. The number of carbonyl (C=O) groups is 1. The summed E-state index contributed by atoms with van der Waals surface area (Å²) in [7, 11) is 0. The highest BCUT2D eigenvalue weighted by Gasteiger charge is 2.47. The zero-order chi connectivity index (χ0) is 52.3. The molecule has 2 aliphatic rings. The van der Waals surface area contributed by atoms with Crippen molar-refractivity contribution in [3.05, 3.63) is 12.2 Å². The lowest BCUT2D eigenvalue weighted by Gasteiger charge is -2.42. The van der Waals surface area contributed by atoms with Crippen LogP contribution in [0.2, 0.25) is 0 Å². The summed E-state index contributed by atoms with van der Waals surface area (Å²) in [5.74, 6) is -0.371. The monoisotopic (exact) mass is 1030 g/mol. The van der Waals surface area contributed by atoms with Gasteiger partial charge in [0.1, 0.15) is 54.9 Å².